The Morgan fingerprint density at radius 3 is 2.44 bits per heavy atom. The van der Waals surface area contributed by atoms with Crippen LogP contribution in [0.15, 0.2) is 18.3 Å². The van der Waals surface area contributed by atoms with Gasteiger partial charge in [-0.15, -0.1) is 0 Å². The van der Waals surface area contributed by atoms with E-state index in [0.717, 1.165) is 13.0 Å². The molecule has 0 aliphatic rings. The van der Waals surface area contributed by atoms with Gasteiger partial charge < -0.3 is 10.1 Å². The van der Waals surface area contributed by atoms with Gasteiger partial charge in [0, 0.05) is 18.3 Å². The van der Waals surface area contributed by atoms with E-state index in [-0.39, 0.29) is 6.10 Å². The van der Waals surface area contributed by atoms with E-state index in [1.165, 1.54) is 5.56 Å². The molecule has 1 aromatic heterocycles. The molecule has 2 atom stereocenters. The van der Waals surface area contributed by atoms with Crippen LogP contribution in [0.25, 0.3) is 0 Å². The molecule has 3 nitrogen and oxygen atoms in total. The molecule has 1 heterocycles. The Bertz CT molecular complexity index is 335. The maximum atomic E-state index is 5.76. The quantitative estimate of drug-likeness (QED) is 0.803. The van der Waals surface area contributed by atoms with Crippen molar-refractivity contribution in [2.75, 3.05) is 6.54 Å². The summed E-state index contributed by atoms with van der Waals surface area (Å²) in [5.41, 5.74) is 1.20. The average Bonchev–Trinajstić information content (AvgIpc) is 2.36. The SMILES string of the molecule is CCCNC(C)c1ccc(OC(C)C(C)C)nc1. The molecule has 0 spiro atoms. The summed E-state index contributed by atoms with van der Waals surface area (Å²) in [5.74, 6) is 1.21. The van der Waals surface area contributed by atoms with Gasteiger partial charge in [-0.1, -0.05) is 26.8 Å². The molecule has 0 amide bonds. The van der Waals surface area contributed by atoms with Crippen LogP contribution in [0.3, 0.4) is 0 Å². The van der Waals surface area contributed by atoms with Gasteiger partial charge in [0.25, 0.3) is 0 Å². The van der Waals surface area contributed by atoms with Gasteiger partial charge in [-0.2, -0.15) is 0 Å². The molecular weight excluding hydrogens is 224 g/mol. The Labute approximate surface area is 111 Å². The summed E-state index contributed by atoms with van der Waals surface area (Å²) in [6.07, 6.45) is 3.24. The summed E-state index contributed by atoms with van der Waals surface area (Å²) in [4.78, 5) is 4.37. The molecule has 0 fully saturated rings. The number of pyridine rings is 1. The average molecular weight is 250 g/mol. The first-order valence-corrected chi connectivity index (χ1v) is 6.90. The van der Waals surface area contributed by atoms with Crippen molar-refractivity contribution in [3.05, 3.63) is 23.9 Å². The van der Waals surface area contributed by atoms with Gasteiger partial charge >= 0.3 is 0 Å². The van der Waals surface area contributed by atoms with Crippen molar-refractivity contribution in [1.82, 2.24) is 10.3 Å². The van der Waals surface area contributed by atoms with Crippen molar-refractivity contribution in [3.8, 4) is 5.88 Å². The van der Waals surface area contributed by atoms with Gasteiger partial charge in [-0.25, -0.2) is 4.98 Å². The van der Waals surface area contributed by atoms with Crippen LogP contribution in [0.5, 0.6) is 5.88 Å². The van der Waals surface area contributed by atoms with Gasteiger partial charge in [0.05, 0.1) is 6.10 Å². The third-order valence-corrected chi connectivity index (χ3v) is 3.21. The van der Waals surface area contributed by atoms with Crippen LogP contribution in [-0.4, -0.2) is 17.6 Å². The van der Waals surface area contributed by atoms with Crippen molar-refractivity contribution in [3.63, 3.8) is 0 Å². The maximum Gasteiger partial charge on any atom is 0.213 e. The van der Waals surface area contributed by atoms with Crippen LogP contribution in [0, 0.1) is 5.92 Å². The molecule has 0 saturated heterocycles. The highest BCUT2D eigenvalue weighted by atomic mass is 16.5. The number of aromatic nitrogens is 1. The van der Waals surface area contributed by atoms with Crippen LogP contribution < -0.4 is 10.1 Å². The zero-order chi connectivity index (χ0) is 13.5. The second kappa shape index (κ2) is 7.37. The number of ether oxygens (including phenoxy) is 1. The lowest BCUT2D eigenvalue weighted by atomic mass is 10.1. The second-order valence-electron chi connectivity index (χ2n) is 5.17. The van der Waals surface area contributed by atoms with Crippen molar-refractivity contribution in [2.24, 2.45) is 5.92 Å². The summed E-state index contributed by atoms with van der Waals surface area (Å²) in [6.45, 7) is 11.7. The summed E-state index contributed by atoms with van der Waals surface area (Å²) < 4.78 is 5.76. The summed E-state index contributed by atoms with van der Waals surface area (Å²) in [5, 5.41) is 3.45. The number of nitrogens with one attached hydrogen (secondary N) is 1. The smallest absolute Gasteiger partial charge is 0.213 e. The highest BCUT2D eigenvalue weighted by Crippen LogP contribution is 2.17. The highest BCUT2D eigenvalue weighted by molar-refractivity contribution is 5.20. The first-order valence-electron chi connectivity index (χ1n) is 6.90. The third-order valence-electron chi connectivity index (χ3n) is 3.21. The predicted molar refractivity (Wildman–Crippen MR) is 75.9 cm³/mol. The van der Waals surface area contributed by atoms with Crippen molar-refractivity contribution >= 4 is 0 Å². The van der Waals surface area contributed by atoms with Crippen LogP contribution in [-0.2, 0) is 0 Å². The summed E-state index contributed by atoms with van der Waals surface area (Å²) >= 11 is 0. The van der Waals surface area contributed by atoms with Crippen LogP contribution in [0.2, 0.25) is 0 Å². The lowest BCUT2D eigenvalue weighted by Gasteiger charge is -2.18. The topological polar surface area (TPSA) is 34.1 Å². The van der Waals surface area contributed by atoms with Gasteiger partial charge in [0.1, 0.15) is 0 Å². The predicted octanol–water partition coefficient (Wildman–Crippen LogP) is 3.57. The highest BCUT2D eigenvalue weighted by Gasteiger charge is 2.10. The number of hydrogen-bond acceptors (Lipinski definition) is 3. The van der Waals surface area contributed by atoms with Gasteiger partial charge in [0.2, 0.25) is 5.88 Å². The molecule has 1 aromatic rings. The monoisotopic (exact) mass is 250 g/mol. The molecule has 3 heteroatoms. The van der Waals surface area contributed by atoms with Crippen LogP contribution >= 0.6 is 0 Å². The van der Waals surface area contributed by atoms with E-state index < -0.39 is 0 Å². The Morgan fingerprint density at radius 1 is 1.22 bits per heavy atom. The number of hydrogen-bond donors (Lipinski definition) is 1. The fraction of sp³-hybridized carbons (Fsp3) is 0.667. The molecular formula is C15H26N2O. The van der Waals surface area contributed by atoms with E-state index in [2.05, 4.69) is 51.0 Å². The first-order chi connectivity index (χ1) is 8.54. The molecule has 0 aliphatic heterocycles. The minimum absolute atomic E-state index is 0.194. The number of nitrogens with zero attached hydrogens (tertiary/aromatic N) is 1. The molecule has 0 saturated carbocycles. The second-order valence-corrected chi connectivity index (χ2v) is 5.17. The molecule has 18 heavy (non-hydrogen) atoms. The molecule has 102 valence electrons. The lowest BCUT2D eigenvalue weighted by Crippen LogP contribution is -2.20. The zero-order valence-corrected chi connectivity index (χ0v) is 12.2. The lowest BCUT2D eigenvalue weighted by molar-refractivity contribution is 0.163. The molecule has 0 aromatic carbocycles. The molecule has 1 rings (SSSR count). The Balaban J connectivity index is 2.56. The van der Waals surface area contributed by atoms with Crippen molar-refractivity contribution in [2.45, 2.75) is 53.2 Å². The third kappa shape index (κ3) is 4.65. The molecule has 0 aliphatic carbocycles. The van der Waals surface area contributed by atoms with E-state index >= 15 is 0 Å². The van der Waals surface area contributed by atoms with Crippen LogP contribution in [0.4, 0.5) is 0 Å². The Morgan fingerprint density at radius 2 is 1.94 bits per heavy atom. The van der Waals surface area contributed by atoms with Crippen LogP contribution in [0.1, 0.15) is 52.6 Å². The maximum absolute atomic E-state index is 5.76. The van der Waals surface area contributed by atoms with Gasteiger partial charge in [-0.05, 0) is 38.3 Å². The standard InChI is InChI=1S/C15H26N2O/c1-6-9-16-12(4)14-7-8-15(17-10-14)18-13(5)11(2)3/h7-8,10-13,16H,6,9H2,1-5H3. The normalized spacial score (nSPS) is 14.6. The molecule has 2 unspecified atom stereocenters. The fourth-order valence-corrected chi connectivity index (χ4v) is 1.52. The molecule has 1 N–H and O–H groups in total. The number of rotatable bonds is 7. The first kappa shape index (κ1) is 15.0. The summed E-state index contributed by atoms with van der Waals surface area (Å²) in [6, 6.07) is 4.38. The van der Waals surface area contributed by atoms with E-state index in [9.17, 15) is 0 Å². The molecule has 0 bridgehead atoms. The fourth-order valence-electron chi connectivity index (χ4n) is 1.52. The Kier molecular flexibility index (Phi) is 6.13. The zero-order valence-electron chi connectivity index (χ0n) is 12.2. The van der Waals surface area contributed by atoms with E-state index in [1.807, 2.05) is 12.3 Å². The van der Waals surface area contributed by atoms with E-state index in [0.29, 0.717) is 17.8 Å². The minimum Gasteiger partial charge on any atom is -0.474 e. The van der Waals surface area contributed by atoms with Gasteiger partial charge in [-0.3, -0.25) is 0 Å². The molecule has 0 radical (unpaired) electrons. The summed E-state index contributed by atoms with van der Waals surface area (Å²) in [7, 11) is 0. The minimum atomic E-state index is 0.194. The van der Waals surface area contributed by atoms with Crippen molar-refractivity contribution < 1.29 is 4.74 Å². The van der Waals surface area contributed by atoms with Gasteiger partial charge in [0.15, 0.2) is 0 Å². The van der Waals surface area contributed by atoms with E-state index in [1.54, 1.807) is 0 Å². The Hall–Kier alpha value is -1.09. The van der Waals surface area contributed by atoms with E-state index in [4.69, 9.17) is 4.74 Å². The largest absolute Gasteiger partial charge is 0.474 e. The van der Waals surface area contributed by atoms with Crippen molar-refractivity contribution in [1.29, 1.82) is 0 Å².